The molecule has 0 spiro atoms. The van der Waals surface area contributed by atoms with Gasteiger partial charge in [-0.2, -0.15) is 0 Å². The molecule has 130 valence electrons. The topological polar surface area (TPSA) is 52.6 Å². The van der Waals surface area contributed by atoms with Gasteiger partial charge in [-0.25, -0.2) is 9.18 Å². The second-order valence-corrected chi connectivity index (χ2v) is 5.54. The average molecular weight is 350 g/mol. The molecule has 0 unspecified atom stereocenters. The van der Waals surface area contributed by atoms with E-state index < -0.39 is 11.9 Å². The van der Waals surface area contributed by atoms with E-state index in [1.165, 1.54) is 43.3 Å². The van der Waals surface area contributed by atoms with E-state index in [2.05, 4.69) is 0 Å². The number of carbonyl (C=O) groups excluding carboxylic acids is 2. The normalized spacial score (nSPS) is 10.2. The van der Waals surface area contributed by atoms with Crippen LogP contribution in [-0.4, -0.2) is 11.9 Å². The van der Waals surface area contributed by atoms with Crippen LogP contribution in [0.25, 0.3) is 11.1 Å². The van der Waals surface area contributed by atoms with Gasteiger partial charge in [0.2, 0.25) is 0 Å². The number of carbonyl (C=O) groups is 2. The summed E-state index contributed by atoms with van der Waals surface area (Å²) >= 11 is 0. The molecule has 0 radical (unpaired) electrons. The molecule has 0 saturated carbocycles. The molecule has 26 heavy (non-hydrogen) atoms. The largest absolute Gasteiger partial charge is 0.427 e. The first-order valence-electron chi connectivity index (χ1n) is 7.88. The fraction of sp³-hybridized carbons (Fsp3) is 0.0476. The van der Waals surface area contributed by atoms with Crippen LogP contribution in [0, 0.1) is 5.82 Å². The molecule has 3 aromatic rings. The zero-order valence-electron chi connectivity index (χ0n) is 13.9. The Balaban J connectivity index is 1.67. The second kappa shape index (κ2) is 7.61. The lowest BCUT2D eigenvalue weighted by Gasteiger charge is -2.07. The molecule has 0 aliphatic carbocycles. The Morgan fingerprint density at radius 2 is 1.15 bits per heavy atom. The molecule has 4 nitrogen and oxygen atoms in total. The molecular formula is C21H15FO4. The van der Waals surface area contributed by atoms with Gasteiger partial charge in [0, 0.05) is 6.92 Å². The SMILES string of the molecule is CC(=O)Oc1ccc(C(=O)Oc2ccc(-c3ccc(F)cc3)cc2)cc1. The number of benzene rings is 3. The zero-order chi connectivity index (χ0) is 18.5. The summed E-state index contributed by atoms with van der Waals surface area (Å²) in [6, 6.07) is 19.2. The van der Waals surface area contributed by atoms with E-state index in [1.54, 1.807) is 36.4 Å². The molecule has 0 aliphatic heterocycles. The lowest BCUT2D eigenvalue weighted by Crippen LogP contribution is -2.08. The number of hydrogen-bond acceptors (Lipinski definition) is 4. The maximum Gasteiger partial charge on any atom is 0.343 e. The third-order valence-corrected chi connectivity index (χ3v) is 3.59. The lowest BCUT2D eigenvalue weighted by molar-refractivity contribution is -0.131. The second-order valence-electron chi connectivity index (χ2n) is 5.54. The third-order valence-electron chi connectivity index (χ3n) is 3.59. The number of rotatable bonds is 4. The van der Waals surface area contributed by atoms with Crippen molar-refractivity contribution in [3.05, 3.63) is 84.2 Å². The Bertz CT molecular complexity index is 914. The van der Waals surface area contributed by atoms with Crippen LogP contribution in [0.4, 0.5) is 4.39 Å². The van der Waals surface area contributed by atoms with E-state index in [-0.39, 0.29) is 5.82 Å². The molecule has 0 atom stereocenters. The highest BCUT2D eigenvalue weighted by Gasteiger charge is 2.09. The highest BCUT2D eigenvalue weighted by molar-refractivity contribution is 5.91. The van der Waals surface area contributed by atoms with Gasteiger partial charge < -0.3 is 9.47 Å². The minimum Gasteiger partial charge on any atom is -0.427 e. The smallest absolute Gasteiger partial charge is 0.343 e. The Kier molecular flexibility index (Phi) is 5.08. The van der Waals surface area contributed by atoms with Crippen molar-refractivity contribution in [1.82, 2.24) is 0 Å². The standard InChI is InChI=1S/C21H15FO4/c1-14(23)25-19-12-6-17(7-13-19)21(24)26-20-10-4-16(5-11-20)15-2-8-18(22)9-3-15/h2-13H,1H3. The fourth-order valence-electron chi connectivity index (χ4n) is 2.35. The van der Waals surface area contributed by atoms with Crippen molar-refractivity contribution in [3.63, 3.8) is 0 Å². The van der Waals surface area contributed by atoms with Crippen LogP contribution in [0.2, 0.25) is 0 Å². The summed E-state index contributed by atoms with van der Waals surface area (Å²) < 4.78 is 23.2. The molecule has 5 heteroatoms. The van der Waals surface area contributed by atoms with Gasteiger partial charge in [0.1, 0.15) is 17.3 Å². The van der Waals surface area contributed by atoms with Gasteiger partial charge in [-0.05, 0) is 59.7 Å². The third kappa shape index (κ3) is 4.33. The first-order chi connectivity index (χ1) is 12.5. The van der Waals surface area contributed by atoms with E-state index in [0.717, 1.165) is 11.1 Å². The van der Waals surface area contributed by atoms with Crippen molar-refractivity contribution in [3.8, 4) is 22.6 Å². The molecule has 0 fully saturated rings. The van der Waals surface area contributed by atoms with Crippen LogP contribution in [0.3, 0.4) is 0 Å². The first-order valence-corrected chi connectivity index (χ1v) is 7.88. The van der Waals surface area contributed by atoms with Gasteiger partial charge in [0.25, 0.3) is 0 Å². The summed E-state index contributed by atoms with van der Waals surface area (Å²) in [5.41, 5.74) is 2.09. The van der Waals surface area contributed by atoms with Gasteiger partial charge in [-0.3, -0.25) is 4.79 Å². The highest BCUT2D eigenvalue weighted by atomic mass is 19.1. The number of halogens is 1. The quantitative estimate of drug-likeness (QED) is 0.508. The summed E-state index contributed by atoms with van der Waals surface area (Å²) in [6.45, 7) is 1.30. The maximum absolute atomic E-state index is 13.0. The molecule has 0 bridgehead atoms. The van der Waals surface area contributed by atoms with Gasteiger partial charge >= 0.3 is 11.9 Å². The van der Waals surface area contributed by atoms with Crippen molar-refractivity contribution in [2.24, 2.45) is 0 Å². The molecule has 3 rings (SSSR count). The lowest BCUT2D eigenvalue weighted by atomic mass is 10.1. The molecule has 0 amide bonds. The Hall–Kier alpha value is -3.47. The molecule has 0 N–H and O–H groups in total. The molecule has 0 heterocycles. The van der Waals surface area contributed by atoms with Crippen LogP contribution < -0.4 is 9.47 Å². The summed E-state index contributed by atoms with van der Waals surface area (Å²) in [5.74, 6) is -0.489. The number of esters is 2. The Morgan fingerprint density at radius 1 is 0.692 bits per heavy atom. The highest BCUT2D eigenvalue weighted by Crippen LogP contribution is 2.23. The van der Waals surface area contributed by atoms with Crippen molar-refractivity contribution in [2.75, 3.05) is 0 Å². The average Bonchev–Trinajstić information content (AvgIpc) is 2.63. The monoisotopic (exact) mass is 350 g/mol. The van der Waals surface area contributed by atoms with E-state index in [0.29, 0.717) is 17.1 Å². The molecule has 3 aromatic carbocycles. The molecule has 0 aliphatic rings. The first kappa shape index (κ1) is 17.4. The van der Waals surface area contributed by atoms with Crippen LogP contribution in [0.5, 0.6) is 11.5 Å². The van der Waals surface area contributed by atoms with Crippen LogP contribution in [0.15, 0.2) is 72.8 Å². The fourth-order valence-corrected chi connectivity index (χ4v) is 2.35. The molecule has 0 aromatic heterocycles. The van der Waals surface area contributed by atoms with Crippen LogP contribution in [-0.2, 0) is 4.79 Å². The molecular weight excluding hydrogens is 335 g/mol. The number of ether oxygens (including phenoxy) is 2. The van der Waals surface area contributed by atoms with Gasteiger partial charge in [-0.1, -0.05) is 24.3 Å². The van der Waals surface area contributed by atoms with Crippen molar-refractivity contribution in [1.29, 1.82) is 0 Å². The Labute approximate surface area is 149 Å². The zero-order valence-corrected chi connectivity index (χ0v) is 13.9. The minimum atomic E-state index is -0.520. The van der Waals surface area contributed by atoms with Crippen molar-refractivity contribution >= 4 is 11.9 Å². The maximum atomic E-state index is 13.0. The Morgan fingerprint density at radius 3 is 1.69 bits per heavy atom. The summed E-state index contributed by atoms with van der Waals surface area (Å²) in [6.07, 6.45) is 0. The van der Waals surface area contributed by atoms with E-state index in [1.807, 2.05) is 0 Å². The van der Waals surface area contributed by atoms with E-state index in [4.69, 9.17) is 9.47 Å². The van der Waals surface area contributed by atoms with Gasteiger partial charge in [0.05, 0.1) is 5.56 Å². The summed E-state index contributed by atoms with van der Waals surface area (Å²) in [5, 5.41) is 0. The predicted molar refractivity (Wildman–Crippen MR) is 94.5 cm³/mol. The van der Waals surface area contributed by atoms with Crippen molar-refractivity contribution < 1.29 is 23.5 Å². The van der Waals surface area contributed by atoms with Crippen molar-refractivity contribution in [2.45, 2.75) is 6.92 Å². The van der Waals surface area contributed by atoms with Crippen LogP contribution in [0.1, 0.15) is 17.3 Å². The van der Waals surface area contributed by atoms with Gasteiger partial charge in [0.15, 0.2) is 0 Å². The summed E-state index contributed by atoms with van der Waals surface area (Å²) in [4.78, 5) is 23.1. The van der Waals surface area contributed by atoms with Gasteiger partial charge in [-0.15, -0.1) is 0 Å². The van der Waals surface area contributed by atoms with Crippen LogP contribution >= 0.6 is 0 Å². The molecule has 0 saturated heterocycles. The summed E-state index contributed by atoms with van der Waals surface area (Å²) in [7, 11) is 0. The van der Waals surface area contributed by atoms with E-state index >= 15 is 0 Å². The predicted octanol–water partition coefficient (Wildman–Crippen LogP) is 4.64. The minimum absolute atomic E-state index is 0.293. The number of hydrogen-bond donors (Lipinski definition) is 0. The van der Waals surface area contributed by atoms with E-state index in [9.17, 15) is 14.0 Å².